The molecule has 2 N–H and O–H groups in total. The highest BCUT2D eigenvalue weighted by Crippen LogP contribution is 2.17. The zero-order valence-electron chi connectivity index (χ0n) is 11.4. The summed E-state index contributed by atoms with van der Waals surface area (Å²) in [5.74, 6) is 6.33. The molecule has 0 bridgehead atoms. The highest BCUT2D eigenvalue weighted by Gasteiger charge is 2.15. The van der Waals surface area contributed by atoms with Crippen LogP contribution in [0.1, 0.15) is 33.8 Å². The van der Waals surface area contributed by atoms with Crippen molar-refractivity contribution in [1.82, 2.24) is 5.32 Å². The van der Waals surface area contributed by atoms with Crippen molar-refractivity contribution >= 4 is 17.2 Å². The third-order valence-electron chi connectivity index (χ3n) is 3.14. The molecule has 1 amide bonds. The minimum atomic E-state index is -0.0378. The van der Waals surface area contributed by atoms with Gasteiger partial charge in [0, 0.05) is 26.2 Å². The van der Waals surface area contributed by atoms with E-state index in [9.17, 15) is 4.79 Å². The number of hydrogen-bond acceptors (Lipinski definition) is 4. The number of nitrogens with one attached hydrogen (secondary N) is 1. The minimum absolute atomic E-state index is 0.0378. The van der Waals surface area contributed by atoms with Crippen LogP contribution in [0.15, 0.2) is 12.1 Å². The number of aliphatic hydroxyl groups is 1. The fraction of sp³-hybridized carbons (Fsp3) is 0.533. The standard InChI is InChI=1S/C15H19NO3S/c17-9-2-1-3-13-4-5-14(20-13)15(18)16-8-6-12-7-10-19-11-12/h4-5,12,17H,2,6-11H2,(H,16,18). The Hall–Kier alpha value is -1.35. The van der Waals surface area contributed by atoms with E-state index in [0.29, 0.717) is 23.8 Å². The van der Waals surface area contributed by atoms with Crippen molar-refractivity contribution in [2.75, 3.05) is 26.4 Å². The summed E-state index contributed by atoms with van der Waals surface area (Å²) in [6.45, 7) is 2.42. The molecule has 20 heavy (non-hydrogen) atoms. The van der Waals surface area contributed by atoms with Crippen LogP contribution < -0.4 is 5.32 Å². The van der Waals surface area contributed by atoms with Gasteiger partial charge in [-0.3, -0.25) is 4.79 Å². The van der Waals surface area contributed by atoms with Crippen LogP contribution in [0.25, 0.3) is 0 Å². The van der Waals surface area contributed by atoms with Crippen LogP contribution in [0, 0.1) is 17.8 Å². The molecular formula is C15H19NO3S. The van der Waals surface area contributed by atoms with Crippen molar-refractivity contribution in [3.05, 3.63) is 21.9 Å². The third-order valence-corrected chi connectivity index (χ3v) is 4.14. The quantitative estimate of drug-likeness (QED) is 0.811. The highest BCUT2D eigenvalue weighted by molar-refractivity contribution is 7.14. The van der Waals surface area contributed by atoms with E-state index in [1.807, 2.05) is 6.07 Å². The number of aliphatic hydroxyl groups excluding tert-OH is 1. The molecule has 0 aliphatic carbocycles. The van der Waals surface area contributed by atoms with Gasteiger partial charge in [0.15, 0.2) is 0 Å². The zero-order chi connectivity index (χ0) is 14.2. The van der Waals surface area contributed by atoms with Gasteiger partial charge in [-0.25, -0.2) is 0 Å². The van der Waals surface area contributed by atoms with Crippen LogP contribution in [-0.4, -0.2) is 37.4 Å². The van der Waals surface area contributed by atoms with Gasteiger partial charge in [0.05, 0.1) is 16.4 Å². The van der Waals surface area contributed by atoms with Gasteiger partial charge >= 0.3 is 0 Å². The van der Waals surface area contributed by atoms with Crippen LogP contribution >= 0.6 is 11.3 Å². The predicted molar refractivity (Wildman–Crippen MR) is 78.8 cm³/mol. The second-order valence-corrected chi connectivity index (χ2v) is 5.80. The molecule has 0 aromatic carbocycles. The van der Waals surface area contributed by atoms with Crippen LogP contribution in [0.2, 0.25) is 0 Å². The molecule has 1 aliphatic heterocycles. The molecule has 1 aromatic heterocycles. The number of thiophene rings is 1. The number of amides is 1. The Bertz CT molecular complexity index is 495. The Kier molecular flexibility index (Phi) is 6.06. The Morgan fingerprint density at radius 2 is 2.45 bits per heavy atom. The van der Waals surface area contributed by atoms with E-state index >= 15 is 0 Å². The lowest BCUT2D eigenvalue weighted by atomic mass is 10.1. The fourth-order valence-electron chi connectivity index (χ4n) is 2.02. The molecule has 108 valence electrons. The Balaban J connectivity index is 1.76. The summed E-state index contributed by atoms with van der Waals surface area (Å²) >= 11 is 1.38. The van der Waals surface area contributed by atoms with E-state index in [-0.39, 0.29) is 12.5 Å². The average molecular weight is 293 g/mol. The lowest BCUT2D eigenvalue weighted by molar-refractivity contribution is 0.0954. The maximum absolute atomic E-state index is 11.9. The van der Waals surface area contributed by atoms with Crippen molar-refractivity contribution < 1.29 is 14.6 Å². The second kappa shape index (κ2) is 8.05. The molecule has 0 radical (unpaired) electrons. The lowest BCUT2D eigenvalue weighted by Gasteiger charge is -2.07. The molecule has 4 nitrogen and oxygen atoms in total. The van der Waals surface area contributed by atoms with Crippen molar-refractivity contribution in [1.29, 1.82) is 0 Å². The predicted octanol–water partition coefficient (Wildman–Crippen LogP) is 1.64. The third kappa shape index (κ3) is 4.64. The second-order valence-electron chi connectivity index (χ2n) is 4.71. The first kappa shape index (κ1) is 15.0. The summed E-state index contributed by atoms with van der Waals surface area (Å²) in [6.07, 6.45) is 2.53. The molecular weight excluding hydrogens is 274 g/mol. The largest absolute Gasteiger partial charge is 0.395 e. The molecule has 2 rings (SSSR count). The molecule has 1 atom stereocenters. The maximum atomic E-state index is 11.9. The summed E-state index contributed by atoms with van der Waals surface area (Å²) in [7, 11) is 0. The Labute approximate surface area is 123 Å². The Morgan fingerprint density at radius 3 is 3.20 bits per heavy atom. The van der Waals surface area contributed by atoms with Gasteiger partial charge in [-0.05, 0) is 30.9 Å². The fourth-order valence-corrected chi connectivity index (χ4v) is 2.82. The summed E-state index contributed by atoms with van der Waals surface area (Å²) in [5, 5.41) is 11.6. The van der Waals surface area contributed by atoms with Crippen LogP contribution in [0.4, 0.5) is 0 Å². The topological polar surface area (TPSA) is 58.6 Å². The van der Waals surface area contributed by atoms with Crippen molar-refractivity contribution in [3.8, 4) is 11.8 Å². The van der Waals surface area contributed by atoms with Crippen molar-refractivity contribution in [3.63, 3.8) is 0 Å². The van der Waals surface area contributed by atoms with E-state index in [0.717, 1.165) is 30.9 Å². The molecule has 1 aromatic rings. The van der Waals surface area contributed by atoms with Gasteiger partial charge in [0.1, 0.15) is 0 Å². The minimum Gasteiger partial charge on any atom is -0.395 e. The number of hydrogen-bond donors (Lipinski definition) is 2. The molecule has 0 saturated carbocycles. The van der Waals surface area contributed by atoms with Crippen molar-refractivity contribution in [2.24, 2.45) is 5.92 Å². The van der Waals surface area contributed by atoms with Crippen molar-refractivity contribution in [2.45, 2.75) is 19.3 Å². The van der Waals surface area contributed by atoms with E-state index in [1.54, 1.807) is 6.07 Å². The van der Waals surface area contributed by atoms with Gasteiger partial charge in [-0.1, -0.05) is 11.8 Å². The van der Waals surface area contributed by atoms with Crippen LogP contribution in [0.5, 0.6) is 0 Å². The highest BCUT2D eigenvalue weighted by atomic mass is 32.1. The van der Waals surface area contributed by atoms with Gasteiger partial charge in [0.25, 0.3) is 5.91 Å². The lowest BCUT2D eigenvalue weighted by Crippen LogP contribution is -2.25. The van der Waals surface area contributed by atoms with Gasteiger partial charge in [0.2, 0.25) is 0 Å². The summed E-state index contributed by atoms with van der Waals surface area (Å²) < 4.78 is 5.31. The monoisotopic (exact) mass is 293 g/mol. The van der Waals surface area contributed by atoms with E-state index in [4.69, 9.17) is 9.84 Å². The SMILES string of the molecule is O=C(NCCC1CCOC1)c1ccc(C#CCCO)s1. The van der Waals surface area contributed by atoms with E-state index < -0.39 is 0 Å². The first-order chi connectivity index (χ1) is 9.79. The molecule has 1 unspecified atom stereocenters. The molecule has 1 aliphatic rings. The van der Waals surface area contributed by atoms with Crippen LogP contribution in [0.3, 0.4) is 0 Å². The Morgan fingerprint density at radius 1 is 1.55 bits per heavy atom. The summed E-state index contributed by atoms with van der Waals surface area (Å²) in [5.41, 5.74) is 0. The van der Waals surface area contributed by atoms with Gasteiger partial charge in [-0.2, -0.15) is 0 Å². The van der Waals surface area contributed by atoms with E-state index in [1.165, 1.54) is 11.3 Å². The van der Waals surface area contributed by atoms with E-state index in [2.05, 4.69) is 17.2 Å². The first-order valence-corrected chi connectivity index (χ1v) is 7.66. The number of carbonyl (C=O) groups excluding carboxylic acids is 1. The molecule has 1 saturated heterocycles. The summed E-state index contributed by atoms with van der Waals surface area (Å²) in [4.78, 5) is 13.5. The van der Waals surface area contributed by atoms with Gasteiger partial charge in [-0.15, -0.1) is 11.3 Å². The molecule has 2 heterocycles. The normalized spacial score (nSPS) is 17.6. The number of ether oxygens (including phenoxy) is 1. The molecule has 0 spiro atoms. The number of carbonyl (C=O) groups is 1. The molecule has 5 heteroatoms. The van der Waals surface area contributed by atoms with Crippen LogP contribution in [-0.2, 0) is 4.74 Å². The maximum Gasteiger partial charge on any atom is 0.261 e. The average Bonchev–Trinajstić information content (AvgIpc) is 3.10. The molecule has 1 fully saturated rings. The zero-order valence-corrected chi connectivity index (χ0v) is 12.2. The number of rotatable bonds is 5. The smallest absolute Gasteiger partial charge is 0.261 e. The summed E-state index contributed by atoms with van der Waals surface area (Å²) in [6, 6.07) is 3.64. The van der Waals surface area contributed by atoms with Gasteiger partial charge < -0.3 is 15.2 Å². The first-order valence-electron chi connectivity index (χ1n) is 6.85.